The van der Waals surface area contributed by atoms with Gasteiger partial charge in [0.25, 0.3) is 5.91 Å². The highest BCUT2D eigenvalue weighted by Crippen LogP contribution is 2.28. The standard InChI is InChI=1S/C15H19ClN2O4/c1-22-12-5-2-4-11(16)10(12)8-13(19)18-7-3-6-15(21,9-18)14(17)20/h2,4-5,21H,3,6-9H2,1H3,(H2,17,20)/t15-/m1/s1. The third-order valence-corrected chi connectivity index (χ3v) is 4.26. The number of ether oxygens (including phenoxy) is 1. The maximum atomic E-state index is 12.4. The molecule has 0 bridgehead atoms. The molecule has 1 heterocycles. The zero-order chi connectivity index (χ0) is 16.3. The van der Waals surface area contributed by atoms with Crippen molar-refractivity contribution in [1.29, 1.82) is 0 Å². The minimum absolute atomic E-state index is 0.0394. The van der Waals surface area contributed by atoms with Gasteiger partial charge in [0.05, 0.1) is 20.1 Å². The zero-order valence-electron chi connectivity index (χ0n) is 12.3. The summed E-state index contributed by atoms with van der Waals surface area (Å²) in [5.74, 6) is -0.505. The molecule has 0 spiro atoms. The van der Waals surface area contributed by atoms with Crippen LogP contribution in [0.5, 0.6) is 5.75 Å². The number of nitrogens with zero attached hydrogens (tertiary/aromatic N) is 1. The molecule has 0 radical (unpaired) electrons. The van der Waals surface area contributed by atoms with E-state index >= 15 is 0 Å². The average Bonchev–Trinajstić information content (AvgIpc) is 2.49. The normalized spacial score (nSPS) is 21.5. The Morgan fingerprint density at radius 2 is 2.23 bits per heavy atom. The summed E-state index contributed by atoms with van der Waals surface area (Å²) in [7, 11) is 1.51. The van der Waals surface area contributed by atoms with Crippen molar-refractivity contribution >= 4 is 23.4 Å². The predicted octanol–water partition coefficient (Wildman–Crippen LogP) is 0.730. The molecule has 1 aromatic carbocycles. The number of β-amino-alcohol motifs (C(OH)–C–C–N with tert-alkyl or cyclic N) is 1. The highest BCUT2D eigenvalue weighted by molar-refractivity contribution is 6.31. The second-order valence-electron chi connectivity index (χ2n) is 5.41. The van der Waals surface area contributed by atoms with Crippen LogP contribution in [0.15, 0.2) is 18.2 Å². The molecule has 2 amide bonds. The van der Waals surface area contributed by atoms with E-state index in [0.29, 0.717) is 29.3 Å². The van der Waals surface area contributed by atoms with Crippen LogP contribution in [0.2, 0.25) is 5.02 Å². The van der Waals surface area contributed by atoms with Crippen LogP contribution in [-0.2, 0) is 16.0 Å². The molecule has 120 valence electrons. The van der Waals surface area contributed by atoms with Gasteiger partial charge in [-0.25, -0.2) is 0 Å². The topological polar surface area (TPSA) is 92.9 Å². The van der Waals surface area contributed by atoms with E-state index in [4.69, 9.17) is 22.1 Å². The first-order valence-corrected chi connectivity index (χ1v) is 7.36. The van der Waals surface area contributed by atoms with Crippen LogP contribution in [0, 0.1) is 0 Å². The van der Waals surface area contributed by atoms with E-state index in [0.717, 1.165) is 0 Å². The maximum Gasteiger partial charge on any atom is 0.251 e. The molecule has 0 saturated carbocycles. The van der Waals surface area contributed by atoms with Crippen molar-refractivity contribution in [3.8, 4) is 5.75 Å². The van der Waals surface area contributed by atoms with Gasteiger partial charge in [-0.05, 0) is 25.0 Å². The van der Waals surface area contributed by atoms with Gasteiger partial charge in [-0.15, -0.1) is 0 Å². The van der Waals surface area contributed by atoms with Gasteiger partial charge < -0.3 is 20.5 Å². The van der Waals surface area contributed by atoms with Gasteiger partial charge >= 0.3 is 0 Å². The zero-order valence-corrected chi connectivity index (χ0v) is 13.1. The number of aliphatic hydroxyl groups is 1. The van der Waals surface area contributed by atoms with Crippen molar-refractivity contribution in [3.05, 3.63) is 28.8 Å². The quantitative estimate of drug-likeness (QED) is 0.853. The SMILES string of the molecule is COc1cccc(Cl)c1CC(=O)N1CCC[C@](O)(C(N)=O)C1. The van der Waals surface area contributed by atoms with Crippen LogP contribution in [0.25, 0.3) is 0 Å². The maximum absolute atomic E-state index is 12.4. The smallest absolute Gasteiger partial charge is 0.251 e. The Kier molecular flexibility index (Phi) is 4.93. The number of hydrogen-bond donors (Lipinski definition) is 2. The molecule has 1 saturated heterocycles. The Labute approximate surface area is 133 Å². The lowest BCUT2D eigenvalue weighted by Crippen LogP contribution is -2.57. The molecule has 0 aliphatic carbocycles. The van der Waals surface area contributed by atoms with E-state index < -0.39 is 11.5 Å². The molecule has 0 unspecified atom stereocenters. The molecular weight excluding hydrogens is 308 g/mol. The monoisotopic (exact) mass is 326 g/mol. The largest absolute Gasteiger partial charge is 0.496 e. The van der Waals surface area contributed by atoms with E-state index in [1.165, 1.54) is 12.0 Å². The Bertz CT molecular complexity index is 593. The van der Waals surface area contributed by atoms with Crippen molar-refractivity contribution in [1.82, 2.24) is 4.90 Å². The molecule has 1 atom stereocenters. The van der Waals surface area contributed by atoms with Crippen LogP contribution in [0.4, 0.5) is 0 Å². The minimum Gasteiger partial charge on any atom is -0.496 e. The number of methoxy groups -OCH3 is 1. The minimum atomic E-state index is -1.65. The highest BCUT2D eigenvalue weighted by atomic mass is 35.5. The van der Waals surface area contributed by atoms with Crippen LogP contribution < -0.4 is 10.5 Å². The van der Waals surface area contributed by atoms with Gasteiger partial charge in [-0.2, -0.15) is 0 Å². The number of piperidine rings is 1. The van der Waals surface area contributed by atoms with Gasteiger partial charge in [0.2, 0.25) is 5.91 Å². The van der Waals surface area contributed by atoms with Crippen molar-refractivity contribution in [2.24, 2.45) is 5.73 Å². The van der Waals surface area contributed by atoms with Crippen LogP contribution in [0.1, 0.15) is 18.4 Å². The highest BCUT2D eigenvalue weighted by Gasteiger charge is 2.40. The van der Waals surface area contributed by atoms with E-state index in [-0.39, 0.29) is 25.3 Å². The Morgan fingerprint density at radius 3 is 2.86 bits per heavy atom. The average molecular weight is 327 g/mol. The van der Waals surface area contributed by atoms with Gasteiger partial charge in [0, 0.05) is 17.1 Å². The number of benzene rings is 1. The molecule has 1 aromatic rings. The summed E-state index contributed by atoms with van der Waals surface area (Å²) in [6, 6.07) is 5.15. The van der Waals surface area contributed by atoms with E-state index in [1.54, 1.807) is 18.2 Å². The van der Waals surface area contributed by atoms with Crippen LogP contribution in [0.3, 0.4) is 0 Å². The number of amides is 2. The van der Waals surface area contributed by atoms with Gasteiger partial charge in [-0.3, -0.25) is 9.59 Å². The fourth-order valence-corrected chi connectivity index (χ4v) is 2.85. The third-order valence-electron chi connectivity index (χ3n) is 3.91. The van der Waals surface area contributed by atoms with Gasteiger partial charge in [0.1, 0.15) is 5.75 Å². The summed E-state index contributed by atoms with van der Waals surface area (Å²) in [6.07, 6.45) is 0.823. The van der Waals surface area contributed by atoms with E-state index in [9.17, 15) is 14.7 Å². The van der Waals surface area contributed by atoms with Crippen molar-refractivity contribution in [3.63, 3.8) is 0 Å². The van der Waals surface area contributed by atoms with Gasteiger partial charge in [-0.1, -0.05) is 17.7 Å². The number of carbonyl (C=O) groups is 2. The molecule has 1 aliphatic heterocycles. The summed E-state index contributed by atoms with van der Waals surface area (Å²) in [6.45, 7) is 0.384. The first-order chi connectivity index (χ1) is 10.4. The third kappa shape index (κ3) is 3.34. The Balaban J connectivity index is 2.15. The first kappa shape index (κ1) is 16.6. The molecular formula is C15H19ClN2O4. The fraction of sp³-hybridized carbons (Fsp3) is 0.467. The summed E-state index contributed by atoms with van der Waals surface area (Å²) < 4.78 is 5.21. The Hall–Kier alpha value is -1.79. The lowest BCUT2D eigenvalue weighted by molar-refractivity contribution is -0.148. The fourth-order valence-electron chi connectivity index (χ4n) is 2.61. The van der Waals surface area contributed by atoms with Crippen molar-refractivity contribution < 1.29 is 19.4 Å². The van der Waals surface area contributed by atoms with Gasteiger partial charge in [0.15, 0.2) is 5.60 Å². The number of primary amides is 1. The van der Waals surface area contributed by atoms with E-state index in [2.05, 4.69) is 0 Å². The predicted molar refractivity (Wildman–Crippen MR) is 81.7 cm³/mol. The number of hydrogen-bond acceptors (Lipinski definition) is 4. The summed E-state index contributed by atoms with van der Waals surface area (Å²) in [5.41, 5.74) is 4.15. The molecule has 7 heteroatoms. The molecule has 2 rings (SSSR count). The summed E-state index contributed by atoms with van der Waals surface area (Å²) >= 11 is 6.12. The number of likely N-dealkylation sites (tertiary alicyclic amines) is 1. The summed E-state index contributed by atoms with van der Waals surface area (Å²) in [5, 5.41) is 10.6. The number of nitrogens with two attached hydrogens (primary N) is 1. The molecule has 6 nitrogen and oxygen atoms in total. The molecule has 22 heavy (non-hydrogen) atoms. The van der Waals surface area contributed by atoms with E-state index in [1.807, 2.05) is 0 Å². The lowest BCUT2D eigenvalue weighted by atomic mass is 9.92. The second kappa shape index (κ2) is 6.54. The summed E-state index contributed by atoms with van der Waals surface area (Å²) in [4.78, 5) is 25.2. The molecule has 0 aromatic heterocycles. The number of halogens is 1. The number of rotatable bonds is 4. The van der Waals surface area contributed by atoms with Crippen molar-refractivity contribution in [2.45, 2.75) is 24.9 Å². The van der Waals surface area contributed by atoms with Crippen molar-refractivity contribution in [2.75, 3.05) is 20.2 Å². The Morgan fingerprint density at radius 1 is 1.50 bits per heavy atom. The number of carbonyl (C=O) groups excluding carboxylic acids is 2. The lowest BCUT2D eigenvalue weighted by Gasteiger charge is -2.37. The molecule has 3 N–H and O–H groups in total. The van der Waals surface area contributed by atoms with Crippen LogP contribution >= 0.6 is 11.6 Å². The van der Waals surface area contributed by atoms with Crippen LogP contribution in [-0.4, -0.2) is 47.6 Å². The molecule has 1 aliphatic rings. The second-order valence-corrected chi connectivity index (χ2v) is 5.82. The first-order valence-electron chi connectivity index (χ1n) is 6.99. The molecule has 1 fully saturated rings.